The average molecular weight is 225 g/mol. The summed E-state index contributed by atoms with van der Waals surface area (Å²) in [5.41, 5.74) is 6.03. The lowest BCUT2D eigenvalue weighted by atomic mass is 10.0. The van der Waals surface area contributed by atoms with Crippen LogP contribution in [0.2, 0.25) is 0 Å². The highest BCUT2D eigenvalue weighted by atomic mass is 32.2. The molecule has 0 radical (unpaired) electrons. The van der Waals surface area contributed by atoms with Gasteiger partial charge in [-0.1, -0.05) is 6.42 Å². The first-order chi connectivity index (χ1) is 7.36. The first kappa shape index (κ1) is 11.1. The second kappa shape index (κ2) is 5.61. The van der Waals surface area contributed by atoms with Crippen LogP contribution >= 0.6 is 11.8 Å². The van der Waals surface area contributed by atoms with Crippen molar-refractivity contribution in [2.45, 2.75) is 37.5 Å². The van der Waals surface area contributed by atoms with Crippen LogP contribution in [0.3, 0.4) is 0 Å². The lowest BCUT2D eigenvalue weighted by Crippen LogP contribution is -2.24. The Bertz CT molecular complexity index is 273. The summed E-state index contributed by atoms with van der Waals surface area (Å²) < 4.78 is 5.28. The summed E-state index contributed by atoms with van der Waals surface area (Å²) in [5.74, 6) is 4.05. The van der Waals surface area contributed by atoms with Gasteiger partial charge in [0.15, 0.2) is 0 Å². The highest BCUT2D eigenvalue weighted by Gasteiger charge is 2.22. The van der Waals surface area contributed by atoms with Crippen LogP contribution in [-0.4, -0.2) is 11.8 Å². The normalized spacial score (nSPS) is 25.9. The lowest BCUT2D eigenvalue weighted by Gasteiger charge is -2.14. The smallest absolute Gasteiger partial charge is 0.113 e. The maximum absolute atomic E-state index is 6.03. The zero-order chi connectivity index (χ0) is 10.5. The molecule has 1 aromatic heterocycles. The Balaban J connectivity index is 1.59. The number of furan rings is 1. The second-order valence-corrected chi connectivity index (χ2v) is 5.38. The molecule has 1 aliphatic carbocycles. The van der Waals surface area contributed by atoms with E-state index in [1.54, 1.807) is 6.26 Å². The molecule has 2 atom stereocenters. The predicted octanol–water partition coefficient (Wildman–Crippen LogP) is 3.03. The molecular weight excluding hydrogens is 206 g/mol. The van der Waals surface area contributed by atoms with Crippen molar-refractivity contribution in [3.05, 3.63) is 24.2 Å². The molecule has 2 rings (SSSR count). The summed E-state index contributed by atoms with van der Waals surface area (Å²) in [5, 5.41) is 0. The molecule has 84 valence electrons. The van der Waals surface area contributed by atoms with Gasteiger partial charge in [0.2, 0.25) is 0 Å². The Labute approximate surface area is 95.6 Å². The maximum Gasteiger partial charge on any atom is 0.113 e. The Kier molecular flexibility index (Phi) is 4.15. The van der Waals surface area contributed by atoms with E-state index in [9.17, 15) is 0 Å². The lowest BCUT2D eigenvalue weighted by molar-refractivity contribution is 0.470. The summed E-state index contributed by atoms with van der Waals surface area (Å²) in [6.07, 6.45) is 6.90. The van der Waals surface area contributed by atoms with Gasteiger partial charge in [-0.25, -0.2) is 0 Å². The molecular formula is C12H19NOS. The van der Waals surface area contributed by atoms with Crippen molar-refractivity contribution in [2.24, 2.45) is 11.7 Å². The van der Waals surface area contributed by atoms with E-state index in [1.165, 1.54) is 31.4 Å². The van der Waals surface area contributed by atoms with Crippen LogP contribution in [0.5, 0.6) is 0 Å². The molecule has 1 aromatic rings. The van der Waals surface area contributed by atoms with Crippen molar-refractivity contribution in [3.8, 4) is 0 Å². The van der Waals surface area contributed by atoms with E-state index < -0.39 is 0 Å². The molecule has 0 saturated heterocycles. The number of hydrogen-bond donors (Lipinski definition) is 1. The zero-order valence-corrected chi connectivity index (χ0v) is 9.84. The molecule has 1 aliphatic rings. The van der Waals surface area contributed by atoms with Gasteiger partial charge < -0.3 is 10.2 Å². The molecule has 0 amide bonds. The van der Waals surface area contributed by atoms with Crippen LogP contribution in [0.4, 0.5) is 0 Å². The molecule has 1 heterocycles. The molecule has 15 heavy (non-hydrogen) atoms. The largest absolute Gasteiger partial charge is 0.468 e. The fourth-order valence-corrected chi connectivity index (χ4v) is 3.21. The van der Waals surface area contributed by atoms with Crippen LogP contribution in [0.15, 0.2) is 22.8 Å². The fraction of sp³-hybridized carbons (Fsp3) is 0.667. The highest BCUT2D eigenvalue weighted by molar-refractivity contribution is 7.98. The van der Waals surface area contributed by atoms with Gasteiger partial charge in [-0.05, 0) is 43.1 Å². The number of nitrogens with two attached hydrogens (primary N) is 1. The predicted molar refractivity (Wildman–Crippen MR) is 64.8 cm³/mol. The van der Waals surface area contributed by atoms with Crippen molar-refractivity contribution < 1.29 is 4.42 Å². The summed E-state index contributed by atoms with van der Waals surface area (Å²) >= 11 is 1.95. The van der Waals surface area contributed by atoms with Gasteiger partial charge in [0.1, 0.15) is 5.76 Å². The molecule has 2 nitrogen and oxygen atoms in total. The van der Waals surface area contributed by atoms with Crippen LogP contribution in [0.1, 0.15) is 31.4 Å². The van der Waals surface area contributed by atoms with E-state index in [0.717, 1.165) is 17.4 Å². The van der Waals surface area contributed by atoms with E-state index in [1.807, 2.05) is 23.9 Å². The summed E-state index contributed by atoms with van der Waals surface area (Å²) in [7, 11) is 0. The topological polar surface area (TPSA) is 39.2 Å². The monoisotopic (exact) mass is 225 g/mol. The SMILES string of the molecule is NC1CCCC1CCSCc1ccco1. The third-order valence-corrected chi connectivity index (χ3v) is 4.19. The third-order valence-electron chi connectivity index (χ3n) is 3.18. The van der Waals surface area contributed by atoms with E-state index >= 15 is 0 Å². The minimum absolute atomic E-state index is 0.467. The number of thioether (sulfide) groups is 1. The van der Waals surface area contributed by atoms with Crippen molar-refractivity contribution in [1.82, 2.24) is 0 Å². The second-order valence-electron chi connectivity index (χ2n) is 4.28. The summed E-state index contributed by atoms with van der Waals surface area (Å²) in [4.78, 5) is 0. The van der Waals surface area contributed by atoms with Gasteiger partial charge in [0.05, 0.1) is 12.0 Å². The fourth-order valence-electron chi connectivity index (χ4n) is 2.23. The van der Waals surface area contributed by atoms with Gasteiger partial charge >= 0.3 is 0 Å². The molecule has 2 unspecified atom stereocenters. The Morgan fingerprint density at radius 1 is 1.47 bits per heavy atom. The molecule has 1 fully saturated rings. The maximum atomic E-state index is 6.03. The Hall–Kier alpha value is -0.410. The third kappa shape index (κ3) is 3.28. The quantitative estimate of drug-likeness (QED) is 0.783. The highest BCUT2D eigenvalue weighted by Crippen LogP contribution is 2.28. The van der Waals surface area contributed by atoms with E-state index in [-0.39, 0.29) is 0 Å². The van der Waals surface area contributed by atoms with Crippen LogP contribution < -0.4 is 5.73 Å². The van der Waals surface area contributed by atoms with Crippen LogP contribution in [0, 0.1) is 5.92 Å². The Morgan fingerprint density at radius 3 is 3.07 bits per heavy atom. The first-order valence-corrected chi connectivity index (χ1v) is 6.87. The van der Waals surface area contributed by atoms with E-state index in [0.29, 0.717) is 6.04 Å². The van der Waals surface area contributed by atoms with Gasteiger partial charge in [-0.3, -0.25) is 0 Å². The van der Waals surface area contributed by atoms with Gasteiger partial charge in [-0.15, -0.1) is 0 Å². The van der Waals surface area contributed by atoms with Crippen LogP contribution in [-0.2, 0) is 5.75 Å². The Morgan fingerprint density at radius 2 is 2.40 bits per heavy atom. The first-order valence-electron chi connectivity index (χ1n) is 5.72. The number of rotatable bonds is 5. The molecule has 0 aromatic carbocycles. The van der Waals surface area contributed by atoms with Crippen molar-refractivity contribution in [1.29, 1.82) is 0 Å². The van der Waals surface area contributed by atoms with Crippen molar-refractivity contribution in [2.75, 3.05) is 5.75 Å². The summed E-state index contributed by atoms with van der Waals surface area (Å²) in [6, 6.07) is 4.45. The van der Waals surface area contributed by atoms with E-state index in [2.05, 4.69) is 0 Å². The molecule has 3 heteroatoms. The molecule has 1 saturated carbocycles. The molecule has 0 spiro atoms. The minimum Gasteiger partial charge on any atom is -0.468 e. The van der Waals surface area contributed by atoms with Crippen LogP contribution in [0.25, 0.3) is 0 Å². The van der Waals surface area contributed by atoms with Gasteiger partial charge in [0, 0.05) is 6.04 Å². The zero-order valence-electron chi connectivity index (χ0n) is 9.02. The molecule has 0 aliphatic heterocycles. The van der Waals surface area contributed by atoms with Crippen molar-refractivity contribution in [3.63, 3.8) is 0 Å². The van der Waals surface area contributed by atoms with Gasteiger partial charge in [-0.2, -0.15) is 11.8 Å². The minimum atomic E-state index is 0.467. The standard InChI is InChI=1S/C12H19NOS/c13-12-5-1-3-10(12)6-8-15-9-11-4-2-7-14-11/h2,4,7,10,12H,1,3,5-6,8-9,13H2. The van der Waals surface area contributed by atoms with Crippen molar-refractivity contribution >= 4 is 11.8 Å². The number of hydrogen-bond acceptors (Lipinski definition) is 3. The van der Waals surface area contributed by atoms with Gasteiger partial charge in [0.25, 0.3) is 0 Å². The average Bonchev–Trinajstić information content (AvgIpc) is 2.85. The molecule has 0 bridgehead atoms. The molecule has 2 N–H and O–H groups in total. The summed E-state index contributed by atoms with van der Waals surface area (Å²) in [6.45, 7) is 0. The van der Waals surface area contributed by atoms with E-state index in [4.69, 9.17) is 10.2 Å².